The van der Waals surface area contributed by atoms with Gasteiger partial charge in [-0.2, -0.15) is 5.10 Å². The second-order valence-electron chi connectivity index (χ2n) is 4.02. The quantitative estimate of drug-likeness (QED) is 0.692. The molecular formula is C14H11N3O2S. The van der Waals surface area contributed by atoms with Crippen LogP contribution in [0.15, 0.2) is 42.2 Å². The lowest BCUT2D eigenvalue weighted by Gasteiger charge is -2.00. The lowest BCUT2D eigenvalue weighted by Crippen LogP contribution is -1.94. The molecule has 0 spiro atoms. The summed E-state index contributed by atoms with van der Waals surface area (Å²) in [7, 11) is 1.60. The minimum atomic E-state index is 0.530. The van der Waals surface area contributed by atoms with E-state index in [0.717, 1.165) is 22.6 Å². The van der Waals surface area contributed by atoms with Crippen LogP contribution in [0.5, 0.6) is 5.75 Å². The van der Waals surface area contributed by atoms with Crippen molar-refractivity contribution in [3.8, 4) is 22.0 Å². The molecule has 3 heterocycles. The first kappa shape index (κ1) is 12.6. The molecule has 0 radical (unpaired) electrons. The fraction of sp³-hybridized carbons (Fsp3) is 0.0714. The molecular weight excluding hydrogens is 274 g/mol. The number of carbonyl (C=O) groups is 1. The van der Waals surface area contributed by atoms with Gasteiger partial charge < -0.3 is 4.74 Å². The maximum Gasteiger partial charge on any atom is 0.153 e. The Morgan fingerprint density at radius 3 is 2.80 bits per heavy atom. The van der Waals surface area contributed by atoms with E-state index < -0.39 is 0 Å². The van der Waals surface area contributed by atoms with E-state index in [4.69, 9.17) is 4.74 Å². The molecule has 3 aromatic rings. The largest absolute Gasteiger partial charge is 0.495 e. The fourth-order valence-electron chi connectivity index (χ4n) is 1.91. The summed E-state index contributed by atoms with van der Waals surface area (Å²) in [4.78, 5) is 16.1. The van der Waals surface area contributed by atoms with Crippen molar-refractivity contribution in [1.29, 1.82) is 0 Å². The lowest BCUT2D eigenvalue weighted by atomic mass is 10.2. The smallest absolute Gasteiger partial charge is 0.153 e. The minimum Gasteiger partial charge on any atom is -0.495 e. The first-order valence-corrected chi connectivity index (χ1v) is 6.78. The summed E-state index contributed by atoms with van der Waals surface area (Å²) in [6, 6.07) is 5.52. The SMILES string of the molecule is COc1ccsc1-c1nn(-c2ccncc2)cc1C=O. The lowest BCUT2D eigenvalue weighted by molar-refractivity contribution is 0.112. The molecule has 100 valence electrons. The molecule has 20 heavy (non-hydrogen) atoms. The van der Waals surface area contributed by atoms with Crippen molar-refractivity contribution in [2.45, 2.75) is 0 Å². The zero-order valence-corrected chi connectivity index (χ0v) is 11.5. The van der Waals surface area contributed by atoms with E-state index in [2.05, 4.69) is 10.1 Å². The molecule has 6 heteroatoms. The van der Waals surface area contributed by atoms with Crippen molar-refractivity contribution in [1.82, 2.24) is 14.8 Å². The summed E-state index contributed by atoms with van der Waals surface area (Å²) in [6.07, 6.45) is 5.88. The van der Waals surface area contributed by atoms with Gasteiger partial charge in [0.25, 0.3) is 0 Å². The highest BCUT2D eigenvalue weighted by atomic mass is 32.1. The van der Waals surface area contributed by atoms with E-state index in [1.165, 1.54) is 11.3 Å². The van der Waals surface area contributed by atoms with Crippen LogP contribution in [0.1, 0.15) is 10.4 Å². The Kier molecular flexibility index (Phi) is 3.30. The van der Waals surface area contributed by atoms with Gasteiger partial charge in [0.15, 0.2) is 6.29 Å². The van der Waals surface area contributed by atoms with Gasteiger partial charge in [0.1, 0.15) is 11.4 Å². The van der Waals surface area contributed by atoms with E-state index in [-0.39, 0.29) is 0 Å². The zero-order valence-electron chi connectivity index (χ0n) is 10.7. The molecule has 0 aliphatic heterocycles. The first-order chi connectivity index (χ1) is 9.83. The predicted octanol–water partition coefficient (Wildman–Crippen LogP) is 2.82. The zero-order chi connectivity index (χ0) is 13.9. The molecule has 3 rings (SSSR count). The number of pyridine rings is 1. The Labute approximate surface area is 119 Å². The average Bonchev–Trinajstić information content (AvgIpc) is 3.13. The van der Waals surface area contributed by atoms with E-state index in [0.29, 0.717) is 11.3 Å². The van der Waals surface area contributed by atoms with Gasteiger partial charge in [-0.1, -0.05) is 0 Å². The molecule has 0 aliphatic carbocycles. The molecule has 0 fully saturated rings. The van der Waals surface area contributed by atoms with Crippen LogP contribution in [-0.4, -0.2) is 28.2 Å². The third-order valence-corrected chi connectivity index (χ3v) is 3.76. The summed E-state index contributed by atoms with van der Waals surface area (Å²) < 4.78 is 6.96. The van der Waals surface area contributed by atoms with Crippen LogP contribution in [0.3, 0.4) is 0 Å². The van der Waals surface area contributed by atoms with E-state index in [1.807, 2.05) is 23.6 Å². The van der Waals surface area contributed by atoms with Gasteiger partial charge in [0, 0.05) is 18.6 Å². The van der Waals surface area contributed by atoms with Crippen molar-refractivity contribution in [3.63, 3.8) is 0 Å². The standard InChI is InChI=1S/C14H11N3O2S/c1-19-12-4-7-20-14(12)13-10(9-18)8-17(16-13)11-2-5-15-6-3-11/h2-9H,1H3. The van der Waals surface area contributed by atoms with E-state index in [1.54, 1.807) is 30.4 Å². The van der Waals surface area contributed by atoms with E-state index >= 15 is 0 Å². The van der Waals surface area contributed by atoms with Crippen LogP contribution >= 0.6 is 11.3 Å². The van der Waals surface area contributed by atoms with Crippen LogP contribution in [0.4, 0.5) is 0 Å². The number of aldehydes is 1. The second-order valence-corrected chi connectivity index (χ2v) is 4.94. The van der Waals surface area contributed by atoms with Gasteiger partial charge in [-0.3, -0.25) is 9.78 Å². The average molecular weight is 285 g/mol. The van der Waals surface area contributed by atoms with Crippen molar-refractivity contribution < 1.29 is 9.53 Å². The third kappa shape index (κ3) is 2.10. The number of methoxy groups -OCH3 is 1. The Bertz CT molecular complexity index is 734. The van der Waals surface area contributed by atoms with Crippen molar-refractivity contribution in [3.05, 3.63) is 47.7 Å². The van der Waals surface area contributed by atoms with Crippen molar-refractivity contribution in [2.24, 2.45) is 0 Å². The minimum absolute atomic E-state index is 0.530. The summed E-state index contributed by atoms with van der Waals surface area (Å²) in [5.41, 5.74) is 2.01. The normalized spacial score (nSPS) is 10.4. The number of hydrogen-bond acceptors (Lipinski definition) is 5. The number of thiophene rings is 1. The first-order valence-electron chi connectivity index (χ1n) is 5.90. The molecule has 0 bridgehead atoms. The number of carbonyl (C=O) groups excluding carboxylic acids is 1. The molecule has 0 atom stereocenters. The number of rotatable bonds is 4. The van der Waals surface area contributed by atoms with Gasteiger partial charge in [0.05, 0.1) is 23.2 Å². The maximum absolute atomic E-state index is 11.3. The van der Waals surface area contributed by atoms with Crippen molar-refractivity contribution in [2.75, 3.05) is 7.11 Å². The van der Waals surface area contributed by atoms with Crippen LogP contribution in [0.2, 0.25) is 0 Å². The van der Waals surface area contributed by atoms with Crippen LogP contribution < -0.4 is 4.74 Å². The van der Waals surface area contributed by atoms with Gasteiger partial charge in [-0.25, -0.2) is 4.68 Å². The topological polar surface area (TPSA) is 57.0 Å². The Morgan fingerprint density at radius 2 is 2.10 bits per heavy atom. The molecule has 0 N–H and O–H groups in total. The highest BCUT2D eigenvalue weighted by Crippen LogP contribution is 2.36. The number of ether oxygens (including phenoxy) is 1. The van der Waals surface area contributed by atoms with Gasteiger partial charge >= 0.3 is 0 Å². The number of hydrogen-bond donors (Lipinski definition) is 0. The molecule has 0 aliphatic rings. The van der Waals surface area contributed by atoms with Gasteiger partial charge in [-0.15, -0.1) is 11.3 Å². The Balaban J connectivity index is 2.13. The summed E-state index contributed by atoms with van der Waals surface area (Å²) in [6.45, 7) is 0. The predicted molar refractivity (Wildman–Crippen MR) is 76.6 cm³/mol. The van der Waals surface area contributed by atoms with Gasteiger partial charge in [-0.05, 0) is 23.6 Å². The molecule has 0 saturated heterocycles. The summed E-state index contributed by atoms with van der Waals surface area (Å²) in [5, 5.41) is 6.40. The highest BCUT2D eigenvalue weighted by Gasteiger charge is 2.16. The number of aromatic nitrogens is 3. The molecule has 5 nitrogen and oxygen atoms in total. The Hall–Kier alpha value is -2.47. The highest BCUT2D eigenvalue weighted by molar-refractivity contribution is 7.14. The molecule has 0 aromatic carbocycles. The maximum atomic E-state index is 11.3. The molecule has 0 amide bonds. The third-order valence-electron chi connectivity index (χ3n) is 2.86. The summed E-state index contributed by atoms with van der Waals surface area (Å²) >= 11 is 1.49. The number of nitrogens with zero attached hydrogens (tertiary/aromatic N) is 3. The summed E-state index contributed by atoms with van der Waals surface area (Å²) in [5.74, 6) is 0.720. The van der Waals surface area contributed by atoms with Crippen molar-refractivity contribution >= 4 is 17.6 Å². The van der Waals surface area contributed by atoms with Gasteiger partial charge in [0.2, 0.25) is 0 Å². The monoisotopic (exact) mass is 285 g/mol. The van der Waals surface area contributed by atoms with Crippen LogP contribution in [0, 0.1) is 0 Å². The van der Waals surface area contributed by atoms with Crippen LogP contribution in [0.25, 0.3) is 16.3 Å². The molecule has 3 aromatic heterocycles. The second kappa shape index (κ2) is 5.26. The fourth-order valence-corrected chi connectivity index (χ4v) is 2.78. The Morgan fingerprint density at radius 1 is 1.30 bits per heavy atom. The van der Waals surface area contributed by atoms with Crippen LogP contribution in [-0.2, 0) is 0 Å². The van der Waals surface area contributed by atoms with E-state index in [9.17, 15) is 4.79 Å². The molecule has 0 unspecified atom stereocenters. The molecule has 0 saturated carbocycles.